The van der Waals surface area contributed by atoms with E-state index in [1.807, 2.05) is 17.3 Å². The second kappa shape index (κ2) is 8.78. The first-order chi connectivity index (χ1) is 14.1. The summed E-state index contributed by atoms with van der Waals surface area (Å²) in [6, 6.07) is 8.20. The molecule has 2 aromatic rings. The molecule has 0 bridgehead atoms. The summed E-state index contributed by atoms with van der Waals surface area (Å²) >= 11 is 0. The number of amides is 1. The predicted molar refractivity (Wildman–Crippen MR) is 108 cm³/mol. The largest absolute Gasteiger partial charge is 0.491 e. The lowest BCUT2D eigenvalue weighted by Gasteiger charge is -2.42. The maximum absolute atomic E-state index is 13.0. The first kappa shape index (κ1) is 19.6. The normalized spacial score (nSPS) is 20.8. The molecule has 1 aromatic heterocycles. The van der Waals surface area contributed by atoms with Crippen molar-refractivity contribution in [2.24, 2.45) is 0 Å². The average Bonchev–Trinajstić information content (AvgIpc) is 2.75. The molecule has 2 fully saturated rings. The fraction of sp³-hybridized carbons (Fsp3) is 0.455. The van der Waals surface area contributed by atoms with Crippen molar-refractivity contribution in [3.63, 3.8) is 0 Å². The number of rotatable bonds is 5. The number of morpholine rings is 1. The van der Waals surface area contributed by atoms with Gasteiger partial charge in [-0.25, -0.2) is 4.39 Å². The van der Waals surface area contributed by atoms with E-state index in [9.17, 15) is 9.18 Å². The quantitative estimate of drug-likeness (QED) is 0.774. The SMILES string of the molecule is Cc1cnccc1N1CCC(N2CC(COc3ccc(F)cc3)OCC2=O)CC1. The number of hydrogen-bond donors (Lipinski definition) is 0. The van der Waals surface area contributed by atoms with Crippen LogP contribution in [0.25, 0.3) is 0 Å². The second-order valence-electron chi connectivity index (χ2n) is 7.62. The average molecular weight is 399 g/mol. The van der Waals surface area contributed by atoms with Gasteiger partial charge < -0.3 is 19.3 Å². The number of piperidine rings is 1. The van der Waals surface area contributed by atoms with Crippen molar-refractivity contribution in [1.29, 1.82) is 0 Å². The molecule has 0 radical (unpaired) electrons. The van der Waals surface area contributed by atoms with Crippen molar-refractivity contribution in [1.82, 2.24) is 9.88 Å². The Morgan fingerprint density at radius 3 is 2.69 bits per heavy atom. The van der Waals surface area contributed by atoms with Crippen molar-refractivity contribution in [3.8, 4) is 5.75 Å². The van der Waals surface area contributed by atoms with E-state index >= 15 is 0 Å². The highest BCUT2D eigenvalue weighted by molar-refractivity contribution is 5.78. The van der Waals surface area contributed by atoms with Gasteiger partial charge in [-0.05, 0) is 55.7 Å². The van der Waals surface area contributed by atoms with E-state index in [4.69, 9.17) is 9.47 Å². The van der Waals surface area contributed by atoms with Gasteiger partial charge in [-0.15, -0.1) is 0 Å². The summed E-state index contributed by atoms with van der Waals surface area (Å²) < 4.78 is 24.4. The van der Waals surface area contributed by atoms with Crippen LogP contribution in [0.5, 0.6) is 5.75 Å². The van der Waals surface area contributed by atoms with Gasteiger partial charge in [0, 0.05) is 37.2 Å². The van der Waals surface area contributed by atoms with Crippen LogP contribution in [0.15, 0.2) is 42.7 Å². The van der Waals surface area contributed by atoms with Gasteiger partial charge in [0.15, 0.2) is 0 Å². The van der Waals surface area contributed by atoms with Crippen LogP contribution in [0.2, 0.25) is 0 Å². The van der Waals surface area contributed by atoms with Gasteiger partial charge in [0.2, 0.25) is 5.91 Å². The number of aryl methyl sites for hydroxylation is 1. The number of ether oxygens (including phenoxy) is 2. The zero-order chi connectivity index (χ0) is 20.2. The number of anilines is 1. The highest BCUT2D eigenvalue weighted by Gasteiger charge is 2.34. The van der Waals surface area contributed by atoms with E-state index in [1.165, 1.54) is 23.4 Å². The van der Waals surface area contributed by atoms with Crippen LogP contribution in [0.3, 0.4) is 0 Å². The molecular formula is C22H26FN3O3. The molecule has 2 aliphatic heterocycles. The molecule has 4 rings (SSSR count). The highest BCUT2D eigenvalue weighted by atomic mass is 19.1. The maximum atomic E-state index is 13.0. The Bertz CT molecular complexity index is 837. The number of aromatic nitrogens is 1. The van der Waals surface area contributed by atoms with Gasteiger partial charge >= 0.3 is 0 Å². The summed E-state index contributed by atoms with van der Waals surface area (Å²) in [6.07, 6.45) is 5.39. The molecule has 0 saturated carbocycles. The lowest BCUT2D eigenvalue weighted by atomic mass is 10.0. The van der Waals surface area contributed by atoms with Crippen molar-refractivity contribution in [3.05, 3.63) is 54.1 Å². The molecule has 1 aromatic carbocycles. The monoisotopic (exact) mass is 399 g/mol. The number of nitrogens with zero attached hydrogens (tertiary/aromatic N) is 3. The van der Waals surface area contributed by atoms with E-state index in [2.05, 4.69) is 22.9 Å². The van der Waals surface area contributed by atoms with E-state index in [1.54, 1.807) is 12.1 Å². The minimum Gasteiger partial charge on any atom is -0.491 e. The van der Waals surface area contributed by atoms with Gasteiger partial charge in [0.05, 0.1) is 6.54 Å². The van der Waals surface area contributed by atoms with Gasteiger partial charge in [-0.2, -0.15) is 0 Å². The molecule has 29 heavy (non-hydrogen) atoms. The molecular weight excluding hydrogens is 373 g/mol. The zero-order valence-electron chi connectivity index (χ0n) is 16.6. The van der Waals surface area contributed by atoms with Crippen molar-refractivity contribution in [2.75, 3.05) is 37.7 Å². The Kier molecular flexibility index (Phi) is 5.94. The summed E-state index contributed by atoms with van der Waals surface area (Å²) in [7, 11) is 0. The Hall–Kier alpha value is -2.67. The highest BCUT2D eigenvalue weighted by Crippen LogP contribution is 2.26. The van der Waals surface area contributed by atoms with Gasteiger partial charge in [0.25, 0.3) is 0 Å². The van der Waals surface area contributed by atoms with Crippen molar-refractivity contribution in [2.45, 2.75) is 31.9 Å². The number of halogens is 1. The summed E-state index contributed by atoms with van der Waals surface area (Å²) in [5.74, 6) is 0.345. The van der Waals surface area contributed by atoms with Crippen molar-refractivity contribution < 1.29 is 18.7 Å². The minimum atomic E-state index is -0.295. The van der Waals surface area contributed by atoms with Crippen LogP contribution < -0.4 is 9.64 Å². The molecule has 1 unspecified atom stereocenters. The molecule has 1 atom stereocenters. The number of benzene rings is 1. The molecule has 7 heteroatoms. The number of carbonyl (C=O) groups is 1. The molecule has 154 valence electrons. The molecule has 6 nitrogen and oxygen atoms in total. The van der Waals surface area contributed by atoms with Crippen LogP contribution in [-0.2, 0) is 9.53 Å². The van der Waals surface area contributed by atoms with Crippen LogP contribution in [0.1, 0.15) is 18.4 Å². The molecule has 1 amide bonds. The fourth-order valence-electron chi connectivity index (χ4n) is 4.06. The van der Waals surface area contributed by atoms with Crippen LogP contribution in [0, 0.1) is 12.7 Å². The Labute approximate surface area is 170 Å². The van der Waals surface area contributed by atoms with E-state index in [0.717, 1.165) is 25.9 Å². The summed E-state index contributed by atoms with van der Waals surface area (Å²) in [5.41, 5.74) is 2.39. The van der Waals surface area contributed by atoms with E-state index < -0.39 is 0 Å². The first-order valence-corrected chi connectivity index (χ1v) is 10.0. The molecule has 0 N–H and O–H groups in total. The standard InChI is InChI=1S/C22H26FN3O3/c1-16-12-24-9-6-21(16)25-10-7-18(8-11-25)26-13-20(29-15-22(26)27)14-28-19-4-2-17(23)3-5-19/h2-6,9,12,18,20H,7-8,10-11,13-15H2,1H3. The van der Waals surface area contributed by atoms with Gasteiger partial charge in [-0.1, -0.05) is 0 Å². The molecule has 2 saturated heterocycles. The third-order valence-electron chi connectivity index (χ3n) is 5.65. The zero-order valence-corrected chi connectivity index (χ0v) is 16.6. The second-order valence-corrected chi connectivity index (χ2v) is 7.62. The topological polar surface area (TPSA) is 54.9 Å². The molecule has 0 spiro atoms. The lowest BCUT2D eigenvalue weighted by molar-refractivity contribution is -0.154. The molecule has 3 heterocycles. The summed E-state index contributed by atoms with van der Waals surface area (Å²) in [5, 5.41) is 0. The smallest absolute Gasteiger partial charge is 0.248 e. The fourth-order valence-corrected chi connectivity index (χ4v) is 4.06. The van der Waals surface area contributed by atoms with Crippen LogP contribution in [0.4, 0.5) is 10.1 Å². The van der Waals surface area contributed by atoms with Crippen LogP contribution in [-0.4, -0.2) is 60.8 Å². The van der Waals surface area contributed by atoms with Crippen LogP contribution >= 0.6 is 0 Å². The number of carbonyl (C=O) groups excluding carboxylic acids is 1. The van der Waals surface area contributed by atoms with Gasteiger partial charge in [-0.3, -0.25) is 9.78 Å². The molecule has 2 aliphatic rings. The first-order valence-electron chi connectivity index (χ1n) is 10.0. The van der Waals surface area contributed by atoms with E-state index in [-0.39, 0.29) is 30.5 Å². The molecule has 0 aliphatic carbocycles. The van der Waals surface area contributed by atoms with E-state index in [0.29, 0.717) is 18.9 Å². The summed E-state index contributed by atoms with van der Waals surface area (Å²) in [6.45, 7) is 4.85. The third-order valence-corrected chi connectivity index (χ3v) is 5.65. The minimum absolute atomic E-state index is 0.0431. The van der Waals surface area contributed by atoms with Crippen molar-refractivity contribution >= 4 is 11.6 Å². The van der Waals surface area contributed by atoms with Gasteiger partial charge in [0.1, 0.15) is 30.9 Å². The predicted octanol–water partition coefficient (Wildman–Crippen LogP) is 2.80. The number of hydrogen-bond acceptors (Lipinski definition) is 5. The maximum Gasteiger partial charge on any atom is 0.248 e. The Balaban J connectivity index is 1.31. The third kappa shape index (κ3) is 4.67. The Morgan fingerprint density at radius 2 is 1.97 bits per heavy atom. The summed E-state index contributed by atoms with van der Waals surface area (Å²) in [4.78, 5) is 20.9. The lowest BCUT2D eigenvalue weighted by Crippen LogP contribution is -2.55. The Morgan fingerprint density at radius 1 is 1.21 bits per heavy atom. The number of pyridine rings is 1.